The van der Waals surface area contributed by atoms with Crippen molar-refractivity contribution < 1.29 is 0 Å². The van der Waals surface area contributed by atoms with Crippen LogP contribution in [0.25, 0.3) is 11.3 Å². The van der Waals surface area contributed by atoms with Crippen molar-refractivity contribution in [2.75, 3.05) is 13.1 Å². The van der Waals surface area contributed by atoms with E-state index in [-0.39, 0.29) is 11.1 Å². The van der Waals surface area contributed by atoms with Gasteiger partial charge in [-0.2, -0.15) is 0 Å². The van der Waals surface area contributed by atoms with Gasteiger partial charge < -0.3 is 4.57 Å². The third kappa shape index (κ3) is 4.51. The maximum Gasteiger partial charge on any atom is 0.253 e. The minimum atomic E-state index is -0.0273. The number of hydrogen-bond donors (Lipinski definition) is 0. The largest absolute Gasteiger partial charge is 0.314 e. The highest BCUT2D eigenvalue weighted by atomic mass is 16.1. The molecule has 0 spiro atoms. The zero-order valence-corrected chi connectivity index (χ0v) is 16.6. The Hall–Kier alpha value is -3.06. The van der Waals surface area contributed by atoms with E-state index in [0.29, 0.717) is 18.2 Å². The quantitative estimate of drug-likeness (QED) is 0.664. The lowest BCUT2D eigenvalue weighted by Crippen LogP contribution is -2.37. The fourth-order valence-electron chi connectivity index (χ4n) is 3.84. The second-order valence-corrected chi connectivity index (χ2v) is 7.64. The molecule has 7 heteroatoms. The molecular weight excluding hydrogens is 366 g/mol. The van der Waals surface area contributed by atoms with Gasteiger partial charge in [0, 0.05) is 55.9 Å². The van der Waals surface area contributed by atoms with Crippen LogP contribution in [-0.2, 0) is 20.1 Å². The van der Waals surface area contributed by atoms with E-state index in [2.05, 4.69) is 14.9 Å². The summed E-state index contributed by atoms with van der Waals surface area (Å²) >= 11 is 0. The number of nitrogens with zero attached hydrogens (tertiary/aromatic N) is 5. The van der Waals surface area contributed by atoms with Crippen molar-refractivity contribution in [2.45, 2.75) is 25.9 Å². The fraction of sp³-hybridized carbons (Fsp3) is 0.364. The van der Waals surface area contributed by atoms with Gasteiger partial charge in [0.05, 0.1) is 12.0 Å². The van der Waals surface area contributed by atoms with Crippen molar-refractivity contribution in [1.82, 2.24) is 24.0 Å². The Labute approximate surface area is 169 Å². The Morgan fingerprint density at radius 2 is 1.90 bits per heavy atom. The first-order valence-corrected chi connectivity index (χ1v) is 9.94. The summed E-state index contributed by atoms with van der Waals surface area (Å²) in [5.41, 5.74) is 2.53. The first-order valence-electron chi connectivity index (χ1n) is 9.94. The number of rotatable bonds is 5. The third-order valence-corrected chi connectivity index (χ3v) is 5.67. The van der Waals surface area contributed by atoms with Gasteiger partial charge in [0.2, 0.25) is 5.56 Å². The second-order valence-electron chi connectivity index (χ2n) is 7.64. The summed E-state index contributed by atoms with van der Waals surface area (Å²) in [5.74, 6) is 0.453. The molecule has 1 aliphatic heterocycles. The van der Waals surface area contributed by atoms with Gasteiger partial charge in [0.25, 0.3) is 5.56 Å². The summed E-state index contributed by atoms with van der Waals surface area (Å²) in [6.07, 6.45) is 7.12. The highest BCUT2D eigenvalue weighted by Crippen LogP contribution is 2.20. The van der Waals surface area contributed by atoms with Crippen LogP contribution < -0.4 is 11.1 Å². The summed E-state index contributed by atoms with van der Waals surface area (Å²) in [4.78, 5) is 35.2. The zero-order valence-electron chi connectivity index (χ0n) is 16.6. The minimum Gasteiger partial charge on any atom is -0.314 e. The number of piperidine rings is 1. The number of aromatic nitrogens is 4. The molecule has 3 aromatic heterocycles. The molecule has 3 aromatic rings. The molecule has 0 amide bonds. The molecule has 0 radical (unpaired) electrons. The smallest absolute Gasteiger partial charge is 0.253 e. The fourth-order valence-corrected chi connectivity index (χ4v) is 3.84. The van der Waals surface area contributed by atoms with Crippen molar-refractivity contribution in [3.8, 4) is 11.3 Å². The summed E-state index contributed by atoms with van der Waals surface area (Å²) in [6, 6.07) is 10.7. The van der Waals surface area contributed by atoms with Gasteiger partial charge in [0.1, 0.15) is 0 Å². The van der Waals surface area contributed by atoms with Gasteiger partial charge >= 0.3 is 0 Å². The first-order chi connectivity index (χ1) is 14.1. The predicted octanol–water partition coefficient (Wildman–Crippen LogP) is 1.92. The van der Waals surface area contributed by atoms with Crippen LogP contribution >= 0.6 is 0 Å². The molecule has 0 unspecified atom stereocenters. The topological polar surface area (TPSA) is 73.0 Å². The Morgan fingerprint density at radius 3 is 2.62 bits per heavy atom. The van der Waals surface area contributed by atoms with E-state index in [0.717, 1.165) is 43.7 Å². The van der Waals surface area contributed by atoms with Crippen LogP contribution in [0.15, 0.2) is 64.7 Å². The van der Waals surface area contributed by atoms with E-state index in [4.69, 9.17) is 0 Å². The van der Waals surface area contributed by atoms with E-state index < -0.39 is 0 Å². The van der Waals surface area contributed by atoms with Crippen LogP contribution in [0.3, 0.4) is 0 Å². The zero-order chi connectivity index (χ0) is 20.2. The van der Waals surface area contributed by atoms with Crippen molar-refractivity contribution in [3.63, 3.8) is 0 Å². The average molecular weight is 391 g/mol. The van der Waals surface area contributed by atoms with E-state index in [1.807, 2.05) is 31.3 Å². The van der Waals surface area contributed by atoms with Crippen molar-refractivity contribution in [3.05, 3.63) is 81.5 Å². The number of pyridine rings is 2. The summed E-state index contributed by atoms with van der Waals surface area (Å²) in [5, 5.41) is 0. The molecule has 0 atom stereocenters. The molecule has 0 N–H and O–H groups in total. The Bertz CT molecular complexity index is 1080. The number of likely N-dealkylation sites (tertiary alicyclic amines) is 1. The van der Waals surface area contributed by atoms with Gasteiger partial charge in [-0.15, -0.1) is 0 Å². The van der Waals surface area contributed by atoms with Crippen LogP contribution in [0, 0.1) is 5.92 Å². The van der Waals surface area contributed by atoms with Crippen LogP contribution in [0.4, 0.5) is 0 Å². The van der Waals surface area contributed by atoms with Crippen LogP contribution in [0.1, 0.15) is 18.5 Å². The maximum atomic E-state index is 12.5. The van der Waals surface area contributed by atoms with E-state index in [1.54, 1.807) is 40.0 Å². The van der Waals surface area contributed by atoms with E-state index in [1.165, 1.54) is 0 Å². The van der Waals surface area contributed by atoms with Crippen molar-refractivity contribution in [2.24, 2.45) is 13.0 Å². The van der Waals surface area contributed by atoms with Crippen LogP contribution in [-0.4, -0.2) is 37.1 Å². The Balaban J connectivity index is 1.35. The second kappa shape index (κ2) is 8.53. The lowest BCUT2D eigenvalue weighted by molar-refractivity contribution is 0.163. The first kappa shape index (κ1) is 19.3. The van der Waals surface area contributed by atoms with Crippen LogP contribution in [0.5, 0.6) is 0 Å². The molecule has 0 aromatic carbocycles. The maximum absolute atomic E-state index is 12.5. The Kier molecular flexibility index (Phi) is 5.67. The minimum absolute atomic E-state index is 0.0268. The Morgan fingerprint density at radius 1 is 1.07 bits per heavy atom. The molecule has 29 heavy (non-hydrogen) atoms. The van der Waals surface area contributed by atoms with Crippen molar-refractivity contribution in [1.29, 1.82) is 0 Å². The number of hydrogen-bond acceptors (Lipinski definition) is 5. The van der Waals surface area contributed by atoms with Gasteiger partial charge in [-0.25, -0.2) is 4.98 Å². The predicted molar refractivity (Wildman–Crippen MR) is 111 cm³/mol. The van der Waals surface area contributed by atoms with E-state index in [9.17, 15) is 9.59 Å². The normalized spacial score (nSPS) is 15.5. The molecule has 0 bridgehead atoms. The SMILES string of the molecule is Cn1c(CN2CCC(Cn3cnc(-c4cccnc4)cc3=O)CC2)cccc1=O. The highest BCUT2D eigenvalue weighted by Gasteiger charge is 2.20. The molecule has 1 aliphatic rings. The average Bonchev–Trinajstić information content (AvgIpc) is 2.75. The molecule has 0 saturated carbocycles. The molecule has 4 rings (SSSR count). The summed E-state index contributed by atoms with van der Waals surface area (Å²) in [7, 11) is 1.82. The molecule has 1 saturated heterocycles. The monoisotopic (exact) mass is 391 g/mol. The molecular formula is C22H25N5O2. The van der Waals surface area contributed by atoms with Gasteiger partial charge in [0.15, 0.2) is 0 Å². The lowest BCUT2D eigenvalue weighted by Gasteiger charge is -2.32. The molecule has 150 valence electrons. The molecule has 7 nitrogen and oxygen atoms in total. The van der Waals surface area contributed by atoms with Crippen LogP contribution in [0.2, 0.25) is 0 Å². The van der Waals surface area contributed by atoms with E-state index >= 15 is 0 Å². The van der Waals surface area contributed by atoms with Gasteiger partial charge in [-0.3, -0.25) is 24.0 Å². The molecule has 1 fully saturated rings. The molecule has 4 heterocycles. The van der Waals surface area contributed by atoms with Gasteiger partial charge in [-0.1, -0.05) is 6.07 Å². The summed E-state index contributed by atoms with van der Waals surface area (Å²) < 4.78 is 3.42. The third-order valence-electron chi connectivity index (χ3n) is 5.67. The summed E-state index contributed by atoms with van der Waals surface area (Å²) in [6.45, 7) is 3.39. The molecule has 0 aliphatic carbocycles. The van der Waals surface area contributed by atoms with Gasteiger partial charge in [-0.05, 0) is 50.0 Å². The standard InChI is InChI=1S/C22H25N5O2/c1-25-19(5-2-6-21(25)28)15-26-10-7-17(8-11-26)14-27-16-24-20(12-22(27)29)18-4-3-9-23-13-18/h2-6,9,12-13,16-17H,7-8,10-11,14-15H2,1H3. The lowest BCUT2D eigenvalue weighted by atomic mass is 9.96. The van der Waals surface area contributed by atoms with Crippen molar-refractivity contribution >= 4 is 0 Å². The highest BCUT2D eigenvalue weighted by molar-refractivity contribution is 5.56.